The Labute approximate surface area is 150 Å². The molecule has 0 aliphatic heterocycles. The molecule has 1 aliphatic rings. The van der Waals surface area contributed by atoms with Gasteiger partial charge in [0.05, 0.1) is 6.04 Å². The largest absolute Gasteiger partial charge is 0.388 e. The molecule has 1 aliphatic carbocycles. The van der Waals surface area contributed by atoms with E-state index in [1.54, 1.807) is 0 Å². The van der Waals surface area contributed by atoms with Crippen molar-refractivity contribution in [2.75, 3.05) is 20.8 Å². The highest BCUT2D eigenvalue weighted by molar-refractivity contribution is 5.81. The molecule has 1 fully saturated rings. The van der Waals surface area contributed by atoms with Gasteiger partial charge in [0.2, 0.25) is 0 Å². The summed E-state index contributed by atoms with van der Waals surface area (Å²) in [6.45, 7) is 7.52. The van der Waals surface area contributed by atoms with Crippen LogP contribution in [0.1, 0.15) is 34.1 Å². The van der Waals surface area contributed by atoms with Crippen molar-refractivity contribution in [3.8, 4) is 0 Å². The lowest BCUT2D eigenvalue weighted by Crippen LogP contribution is -2.65. The van der Waals surface area contributed by atoms with E-state index in [-0.39, 0.29) is 6.42 Å². The summed E-state index contributed by atoms with van der Waals surface area (Å²) in [5.41, 5.74) is 11.0. The number of hydrogen-bond acceptors (Lipinski definition) is 7. The number of alkyl halides is 1. The van der Waals surface area contributed by atoms with Crippen LogP contribution in [0.2, 0.25) is 0 Å². The molecule has 3 unspecified atom stereocenters. The van der Waals surface area contributed by atoms with Crippen molar-refractivity contribution in [3.05, 3.63) is 0 Å². The van der Waals surface area contributed by atoms with Gasteiger partial charge >= 0.3 is 0 Å². The van der Waals surface area contributed by atoms with E-state index >= 15 is 0 Å². The first kappa shape index (κ1) is 26.4. The van der Waals surface area contributed by atoms with Crippen LogP contribution in [0.15, 0.2) is 0 Å². The number of methoxy groups -OCH3 is 2. The number of nitrogens with one attached hydrogen (secondary N) is 1. The van der Waals surface area contributed by atoms with E-state index < -0.39 is 55.1 Å². The fraction of sp³-hybridized carbons (Fsp3) is 0.938. The summed E-state index contributed by atoms with van der Waals surface area (Å²) in [6, 6.07) is -1.26. The average Bonchev–Trinajstić information content (AvgIpc) is 2.65. The molecule has 1 saturated carbocycles. The number of hydrogen-bond donors (Lipinski definition) is 5. The highest BCUT2D eigenvalue weighted by Crippen LogP contribution is 2.24. The Morgan fingerprint density at radius 2 is 1.72 bits per heavy atom. The summed E-state index contributed by atoms with van der Waals surface area (Å²) in [4.78, 5) is 11.7. The number of ether oxygens (including phenoxy) is 2. The molecule has 0 radical (unpaired) electrons. The maximum atomic E-state index is 13.2. The van der Waals surface area contributed by atoms with Crippen molar-refractivity contribution in [2.45, 2.75) is 76.8 Å². The molecule has 8 nitrogen and oxygen atoms in total. The van der Waals surface area contributed by atoms with E-state index in [1.807, 2.05) is 27.7 Å². The lowest BCUT2D eigenvalue weighted by molar-refractivity contribution is -0.147. The van der Waals surface area contributed by atoms with Crippen molar-refractivity contribution in [2.24, 2.45) is 11.5 Å². The van der Waals surface area contributed by atoms with Crippen LogP contribution in [0.4, 0.5) is 4.39 Å². The molecular weight excluding hydrogens is 333 g/mol. The second-order valence-electron chi connectivity index (χ2n) is 5.10. The van der Waals surface area contributed by atoms with Crippen molar-refractivity contribution >= 4 is 5.91 Å². The Hall–Kier alpha value is -0.840. The second-order valence-corrected chi connectivity index (χ2v) is 5.10. The van der Waals surface area contributed by atoms with Gasteiger partial charge in [-0.3, -0.25) is 4.79 Å². The molecule has 0 heterocycles. The topological polar surface area (TPSA) is 140 Å². The predicted molar refractivity (Wildman–Crippen MR) is 94.8 cm³/mol. The van der Waals surface area contributed by atoms with Crippen LogP contribution in [-0.4, -0.2) is 79.6 Å². The molecule has 0 spiro atoms. The monoisotopic (exact) mass is 369 g/mol. The van der Waals surface area contributed by atoms with Gasteiger partial charge in [0.15, 0.2) is 6.10 Å². The van der Waals surface area contributed by atoms with Gasteiger partial charge in [-0.25, -0.2) is 4.39 Å². The molecule has 0 aromatic carbocycles. The van der Waals surface area contributed by atoms with Crippen LogP contribution in [-0.2, 0) is 14.3 Å². The van der Waals surface area contributed by atoms with Gasteiger partial charge in [-0.1, -0.05) is 27.7 Å². The number of amides is 1. The van der Waals surface area contributed by atoms with Gasteiger partial charge in [0.25, 0.3) is 5.91 Å². The third-order valence-electron chi connectivity index (χ3n) is 3.73. The number of rotatable bonds is 6. The lowest BCUT2D eigenvalue weighted by atomic mass is 9.84. The summed E-state index contributed by atoms with van der Waals surface area (Å²) in [5.74, 6) is -0.949. The molecule has 0 saturated heterocycles. The average molecular weight is 369 g/mol. The first-order valence-electron chi connectivity index (χ1n) is 8.69. The van der Waals surface area contributed by atoms with E-state index in [0.717, 1.165) is 0 Å². The first-order chi connectivity index (χ1) is 11.9. The molecule has 25 heavy (non-hydrogen) atoms. The number of carbonyl (C=O) groups excluding carboxylic acids is 1. The van der Waals surface area contributed by atoms with Crippen molar-refractivity contribution in [1.82, 2.24) is 5.32 Å². The van der Waals surface area contributed by atoms with Crippen LogP contribution in [0.3, 0.4) is 0 Å². The third-order valence-corrected chi connectivity index (χ3v) is 3.73. The predicted octanol–water partition coefficient (Wildman–Crippen LogP) is -0.697. The minimum Gasteiger partial charge on any atom is -0.388 e. The van der Waals surface area contributed by atoms with Crippen molar-refractivity contribution in [3.63, 3.8) is 0 Å². The zero-order chi connectivity index (χ0) is 20.2. The molecule has 1 amide bonds. The van der Waals surface area contributed by atoms with Crippen LogP contribution in [0.25, 0.3) is 0 Å². The number of aliphatic hydroxyl groups excluding tert-OH is 2. The van der Waals surface area contributed by atoms with Crippen LogP contribution in [0.5, 0.6) is 0 Å². The zero-order valence-electron chi connectivity index (χ0n) is 16.1. The zero-order valence-corrected chi connectivity index (χ0v) is 16.1. The molecule has 1 rings (SSSR count). The van der Waals surface area contributed by atoms with Crippen LogP contribution in [0, 0.1) is 0 Å². The maximum absolute atomic E-state index is 13.2. The first-order valence-corrected chi connectivity index (χ1v) is 8.69. The van der Waals surface area contributed by atoms with Gasteiger partial charge in [-0.15, -0.1) is 0 Å². The molecule has 0 bridgehead atoms. The van der Waals surface area contributed by atoms with E-state index in [4.69, 9.17) is 20.9 Å². The van der Waals surface area contributed by atoms with Crippen LogP contribution >= 0.6 is 0 Å². The fourth-order valence-electron chi connectivity index (χ4n) is 2.52. The highest BCUT2D eigenvalue weighted by atomic mass is 19.1. The number of nitrogens with two attached hydrogens (primary N) is 2. The number of aliphatic hydroxyl groups is 2. The van der Waals surface area contributed by atoms with E-state index in [9.17, 15) is 19.4 Å². The van der Waals surface area contributed by atoms with Crippen LogP contribution < -0.4 is 16.8 Å². The molecule has 7 atom stereocenters. The molecule has 0 aromatic heterocycles. The molecule has 152 valence electrons. The van der Waals surface area contributed by atoms with Crippen molar-refractivity contribution < 1.29 is 28.9 Å². The van der Waals surface area contributed by atoms with Crippen molar-refractivity contribution in [1.29, 1.82) is 0 Å². The van der Waals surface area contributed by atoms with E-state index in [1.165, 1.54) is 14.2 Å². The smallest absolute Gasteiger partial charge is 0.252 e. The third kappa shape index (κ3) is 7.51. The minimum absolute atomic E-state index is 0.206. The van der Waals surface area contributed by atoms with Gasteiger partial charge in [-0.2, -0.15) is 0 Å². The minimum atomic E-state index is -1.89. The summed E-state index contributed by atoms with van der Waals surface area (Å²) in [5, 5.41) is 22.0. The van der Waals surface area contributed by atoms with Gasteiger partial charge in [-0.05, 0) is 6.42 Å². The lowest BCUT2D eigenvalue weighted by Gasteiger charge is -2.42. The quantitative estimate of drug-likeness (QED) is 0.417. The number of carbonyl (C=O) groups is 1. The van der Waals surface area contributed by atoms with E-state index in [0.29, 0.717) is 0 Å². The van der Waals surface area contributed by atoms with Gasteiger partial charge < -0.3 is 36.5 Å². The Balaban J connectivity index is 0. The Kier molecular flexibility index (Phi) is 15.1. The van der Waals surface area contributed by atoms with E-state index in [2.05, 4.69) is 5.32 Å². The summed E-state index contributed by atoms with van der Waals surface area (Å²) in [7, 11) is 2.83. The highest BCUT2D eigenvalue weighted by Gasteiger charge is 2.44. The summed E-state index contributed by atoms with van der Waals surface area (Å²) < 4.78 is 23.5. The van der Waals surface area contributed by atoms with Gasteiger partial charge in [0.1, 0.15) is 24.5 Å². The SMILES string of the molecule is CC.CC.CO[C@H]1[C@H](OC)C(O)[C@H](NC(=O)C(O)C(F)CN)C[C@@H]1N. The molecule has 0 aromatic rings. The standard InChI is InChI=1S/C12H24FN3O5.2C2H6/c1-20-10-6(15)3-7(9(18)11(10)21-2)16-12(19)8(17)5(13)4-14;2*1-2/h5-11,17-18H,3-4,14-15H2,1-2H3,(H,16,19);2*1-2H3/t5?,6-,7+,8?,9?,10+,11+;;/m0../s1. The normalized spacial score (nSPS) is 30.8. The molecule has 7 N–H and O–H groups in total. The number of halogens is 1. The summed E-state index contributed by atoms with van der Waals surface area (Å²) >= 11 is 0. The second kappa shape index (κ2) is 14.3. The van der Waals surface area contributed by atoms with Gasteiger partial charge in [0, 0.05) is 26.8 Å². The summed E-state index contributed by atoms with van der Waals surface area (Å²) in [6.07, 6.45) is -5.91. The fourth-order valence-corrected chi connectivity index (χ4v) is 2.52. The Bertz CT molecular complexity index is 352. The molecule has 9 heteroatoms. The Morgan fingerprint density at radius 1 is 1.24 bits per heavy atom. The Morgan fingerprint density at radius 3 is 2.12 bits per heavy atom. The molecular formula is C16H36FN3O5. The maximum Gasteiger partial charge on any atom is 0.252 e.